The van der Waals surface area contributed by atoms with Crippen molar-refractivity contribution in [2.45, 2.75) is 90.6 Å². The highest BCUT2D eigenvalue weighted by Crippen LogP contribution is 2.67. The largest absolute Gasteiger partial charge is 0.464 e. The van der Waals surface area contributed by atoms with Gasteiger partial charge in [0.1, 0.15) is 23.2 Å². The molecule has 3 fully saturated rings. The summed E-state index contributed by atoms with van der Waals surface area (Å²) in [6.45, 7) is 16.3. The number of rotatable bonds is 6. The van der Waals surface area contributed by atoms with Gasteiger partial charge >= 0.3 is 12.1 Å². The number of hydrogen-bond acceptors (Lipinski definition) is 7. The lowest BCUT2D eigenvalue weighted by Crippen LogP contribution is -2.59. The zero-order valence-corrected chi connectivity index (χ0v) is 21.8. The number of alkyl carbamates (subject to hydrolysis) is 1. The minimum Gasteiger partial charge on any atom is -0.464 e. The molecule has 1 heterocycles. The second-order valence-corrected chi connectivity index (χ2v) is 11.9. The quantitative estimate of drug-likeness (QED) is 0.377. The number of amides is 3. The maximum Gasteiger partial charge on any atom is 0.408 e. The molecule has 0 aromatic carbocycles. The minimum absolute atomic E-state index is 0.0239. The van der Waals surface area contributed by atoms with Gasteiger partial charge in [-0.15, -0.1) is 0 Å². The van der Waals surface area contributed by atoms with Crippen LogP contribution in [0.4, 0.5) is 4.79 Å². The molecule has 0 aromatic heterocycles. The van der Waals surface area contributed by atoms with Crippen LogP contribution in [0.3, 0.4) is 0 Å². The SMILES string of the molecule is C=C1CC2[C@@H]1[C@@]2(NC(=O)[C@@H]1C[C@H](O)CN1C(=O)[C@@H](NC(=O)OC(C)(C)C)C(C)(C)C)C(=O)OCC. The Balaban J connectivity index is 1.79. The summed E-state index contributed by atoms with van der Waals surface area (Å²) in [5.74, 6) is -1.78. The van der Waals surface area contributed by atoms with Gasteiger partial charge in [0.2, 0.25) is 11.8 Å². The van der Waals surface area contributed by atoms with E-state index in [1.54, 1.807) is 48.5 Å². The Hall–Kier alpha value is -2.62. The summed E-state index contributed by atoms with van der Waals surface area (Å²) < 4.78 is 10.6. The molecule has 0 radical (unpaired) electrons. The molecule has 3 amide bonds. The monoisotopic (exact) mass is 493 g/mol. The molecule has 196 valence electrons. The van der Waals surface area contributed by atoms with Crippen LogP contribution in [0.2, 0.25) is 0 Å². The van der Waals surface area contributed by atoms with E-state index in [9.17, 15) is 24.3 Å². The predicted octanol–water partition coefficient (Wildman–Crippen LogP) is 1.51. The average Bonchev–Trinajstić information content (AvgIpc) is 3.01. The van der Waals surface area contributed by atoms with Gasteiger partial charge in [-0.1, -0.05) is 32.9 Å². The molecule has 0 spiro atoms. The van der Waals surface area contributed by atoms with E-state index in [4.69, 9.17) is 9.47 Å². The Bertz CT molecular complexity index is 919. The van der Waals surface area contributed by atoms with Crippen LogP contribution in [0.25, 0.3) is 0 Å². The Kier molecular flexibility index (Phi) is 7.02. The van der Waals surface area contributed by atoms with E-state index in [2.05, 4.69) is 17.2 Å². The molecule has 35 heavy (non-hydrogen) atoms. The van der Waals surface area contributed by atoms with Crippen molar-refractivity contribution in [3.05, 3.63) is 12.2 Å². The van der Waals surface area contributed by atoms with Gasteiger partial charge < -0.3 is 30.1 Å². The number of hydrogen-bond donors (Lipinski definition) is 3. The molecule has 1 aliphatic heterocycles. The Morgan fingerprint density at radius 1 is 1.20 bits per heavy atom. The van der Waals surface area contributed by atoms with Crippen molar-refractivity contribution in [1.82, 2.24) is 15.5 Å². The first kappa shape index (κ1) is 27.0. The van der Waals surface area contributed by atoms with E-state index in [0.29, 0.717) is 6.42 Å². The summed E-state index contributed by atoms with van der Waals surface area (Å²) in [4.78, 5) is 53.6. The molecule has 3 rings (SSSR count). The number of esters is 1. The lowest BCUT2D eigenvalue weighted by molar-refractivity contribution is -0.150. The van der Waals surface area contributed by atoms with E-state index in [0.717, 1.165) is 5.57 Å². The van der Waals surface area contributed by atoms with Gasteiger partial charge in [-0.05, 0) is 39.5 Å². The zero-order chi connectivity index (χ0) is 26.5. The number of carbonyl (C=O) groups is 4. The fourth-order valence-electron chi connectivity index (χ4n) is 5.18. The Morgan fingerprint density at radius 2 is 1.83 bits per heavy atom. The van der Waals surface area contributed by atoms with E-state index >= 15 is 0 Å². The lowest BCUT2D eigenvalue weighted by atomic mass is 9.85. The van der Waals surface area contributed by atoms with Crippen LogP contribution in [0, 0.1) is 17.3 Å². The van der Waals surface area contributed by atoms with E-state index < -0.39 is 58.6 Å². The molecule has 10 nitrogen and oxygen atoms in total. The second kappa shape index (κ2) is 9.11. The molecule has 3 N–H and O–H groups in total. The van der Waals surface area contributed by atoms with E-state index in [-0.39, 0.29) is 31.4 Å². The van der Waals surface area contributed by atoms with Crippen molar-refractivity contribution < 1.29 is 33.8 Å². The molecule has 10 heteroatoms. The first-order chi connectivity index (χ1) is 16.0. The third kappa shape index (κ3) is 5.17. The normalized spacial score (nSPS) is 30.5. The van der Waals surface area contributed by atoms with Gasteiger partial charge in [-0.25, -0.2) is 9.59 Å². The molecule has 0 bridgehead atoms. The molecule has 0 aromatic rings. The molecular weight excluding hydrogens is 454 g/mol. The summed E-state index contributed by atoms with van der Waals surface area (Å²) >= 11 is 0. The van der Waals surface area contributed by atoms with Crippen LogP contribution in [-0.2, 0) is 23.9 Å². The molecule has 1 unspecified atom stereocenters. The van der Waals surface area contributed by atoms with Crippen LogP contribution in [0.5, 0.6) is 0 Å². The van der Waals surface area contributed by atoms with Crippen LogP contribution < -0.4 is 10.6 Å². The number of carbonyl (C=O) groups excluding carboxylic acids is 4. The van der Waals surface area contributed by atoms with Crippen molar-refractivity contribution in [3.63, 3.8) is 0 Å². The van der Waals surface area contributed by atoms with Crippen molar-refractivity contribution in [2.24, 2.45) is 17.3 Å². The third-order valence-electron chi connectivity index (χ3n) is 6.87. The number of aliphatic hydroxyl groups excluding tert-OH is 1. The highest BCUT2D eigenvalue weighted by Gasteiger charge is 2.77. The number of likely N-dealkylation sites (tertiary alicyclic amines) is 1. The van der Waals surface area contributed by atoms with Crippen molar-refractivity contribution >= 4 is 23.9 Å². The summed E-state index contributed by atoms with van der Waals surface area (Å²) in [6, 6.07) is -2.00. The Labute approximate surface area is 206 Å². The lowest BCUT2D eigenvalue weighted by Gasteiger charge is -2.36. The van der Waals surface area contributed by atoms with Gasteiger partial charge in [0, 0.05) is 24.8 Å². The Morgan fingerprint density at radius 3 is 2.29 bits per heavy atom. The molecular formula is C25H39N3O7. The summed E-state index contributed by atoms with van der Waals surface area (Å²) in [5, 5.41) is 15.8. The second-order valence-electron chi connectivity index (χ2n) is 11.9. The molecule has 6 atom stereocenters. The van der Waals surface area contributed by atoms with E-state index in [1.165, 1.54) is 4.90 Å². The molecule has 2 aliphatic carbocycles. The topological polar surface area (TPSA) is 134 Å². The molecule has 3 aliphatic rings. The summed E-state index contributed by atoms with van der Waals surface area (Å²) in [6.07, 6.45) is -1.01. The van der Waals surface area contributed by atoms with Gasteiger partial charge in [0.25, 0.3) is 0 Å². The molecule has 2 saturated carbocycles. The highest BCUT2D eigenvalue weighted by molar-refractivity contribution is 5.98. The maximum atomic E-state index is 13.6. The van der Waals surface area contributed by atoms with Gasteiger partial charge in [-0.2, -0.15) is 0 Å². The van der Waals surface area contributed by atoms with Crippen LogP contribution in [0.15, 0.2) is 12.2 Å². The first-order valence-electron chi connectivity index (χ1n) is 12.2. The minimum atomic E-state index is -1.16. The van der Waals surface area contributed by atoms with Crippen LogP contribution in [-0.4, -0.2) is 76.4 Å². The molecule has 1 saturated heterocycles. The number of ether oxygens (including phenoxy) is 2. The zero-order valence-electron chi connectivity index (χ0n) is 21.8. The number of nitrogens with one attached hydrogen (secondary N) is 2. The fourth-order valence-corrected chi connectivity index (χ4v) is 5.18. The van der Waals surface area contributed by atoms with Gasteiger partial charge in [-0.3, -0.25) is 9.59 Å². The number of nitrogens with zero attached hydrogens (tertiary/aromatic N) is 1. The van der Waals surface area contributed by atoms with Crippen LogP contribution >= 0.6 is 0 Å². The van der Waals surface area contributed by atoms with Crippen molar-refractivity contribution in [3.8, 4) is 0 Å². The van der Waals surface area contributed by atoms with E-state index in [1.807, 2.05) is 0 Å². The number of β-amino-alcohol motifs (C(OH)–C–C–N with tert-alkyl or cyclic N) is 1. The first-order valence-corrected chi connectivity index (χ1v) is 12.2. The standard InChI is InChI=1S/C25H39N3O7/c1-9-34-21(32)25(15-10-13(2)17(15)25)27-19(30)16-11-14(29)12-28(16)20(31)18(23(3,4)5)26-22(33)35-24(6,7)8/h14-18,29H,2,9-12H2,1,3-8H3,(H,26,33)(H,27,30)/t14-,15?,16-,17+,18+,25+/m0/s1. The summed E-state index contributed by atoms with van der Waals surface area (Å²) in [5.41, 5.74) is -1.74. The van der Waals surface area contributed by atoms with Gasteiger partial charge in [0.05, 0.1) is 12.7 Å². The smallest absolute Gasteiger partial charge is 0.408 e. The fraction of sp³-hybridized carbons (Fsp3) is 0.760. The maximum absolute atomic E-state index is 13.6. The predicted molar refractivity (Wildman–Crippen MR) is 127 cm³/mol. The summed E-state index contributed by atoms with van der Waals surface area (Å²) in [7, 11) is 0. The number of aliphatic hydroxyl groups is 1. The third-order valence-corrected chi connectivity index (χ3v) is 6.87. The van der Waals surface area contributed by atoms with Gasteiger partial charge in [0.15, 0.2) is 0 Å². The highest BCUT2D eigenvalue weighted by atomic mass is 16.6. The van der Waals surface area contributed by atoms with Crippen LogP contribution in [0.1, 0.15) is 61.3 Å². The van der Waals surface area contributed by atoms with Crippen molar-refractivity contribution in [1.29, 1.82) is 0 Å². The van der Waals surface area contributed by atoms with Crippen molar-refractivity contribution in [2.75, 3.05) is 13.2 Å². The average molecular weight is 494 g/mol. The number of fused-ring (bicyclic) bond motifs is 1.